The molecule has 0 atom stereocenters. The zero-order chi connectivity index (χ0) is 14.9. The summed E-state index contributed by atoms with van der Waals surface area (Å²) in [6, 6.07) is 15.4. The van der Waals surface area contributed by atoms with Gasteiger partial charge in [0.15, 0.2) is 11.5 Å². The third-order valence-corrected chi connectivity index (χ3v) is 3.93. The molecule has 5 heteroatoms. The number of aromatic nitrogens is 1. The molecule has 0 spiro atoms. The minimum absolute atomic E-state index is 0.103. The summed E-state index contributed by atoms with van der Waals surface area (Å²) in [6.07, 6.45) is 1.55. The van der Waals surface area contributed by atoms with E-state index in [1.54, 1.807) is 29.4 Å². The molecule has 22 heavy (non-hydrogen) atoms. The van der Waals surface area contributed by atoms with Crippen molar-refractivity contribution in [2.75, 3.05) is 13.1 Å². The highest BCUT2D eigenvalue weighted by Crippen LogP contribution is 2.29. The highest BCUT2D eigenvalue weighted by atomic mass is 16.5. The van der Waals surface area contributed by atoms with Crippen molar-refractivity contribution in [3.05, 3.63) is 66.1 Å². The molecule has 1 saturated heterocycles. The van der Waals surface area contributed by atoms with Crippen molar-refractivity contribution in [1.29, 1.82) is 0 Å². The normalized spacial score (nSPS) is 14.8. The second kappa shape index (κ2) is 5.18. The fourth-order valence-electron chi connectivity index (χ4n) is 2.65. The molecule has 1 aliphatic rings. The lowest BCUT2D eigenvalue weighted by atomic mass is 9.91. The van der Waals surface area contributed by atoms with Gasteiger partial charge >= 0.3 is 0 Å². The Balaban J connectivity index is 1.44. The average Bonchev–Trinajstić information content (AvgIpc) is 3.18. The van der Waals surface area contributed by atoms with Gasteiger partial charge in [0.25, 0.3) is 5.91 Å². The third-order valence-electron chi connectivity index (χ3n) is 3.93. The van der Waals surface area contributed by atoms with Crippen LogP contribution in [0.15, 0.2) is 63.7 Å². The van der Waals surface area contributed by atoms with E-state index in [2.05, 4.69) is 17.3 Å². The minimum atomic E-state index is -0.103. The van der Waals surface area contributed by atoms with E-state index in [9.17, 15) is 4.79 Å². The number of carbonyl (C=O) groups excluding carboxylic acids is 1. The van der Waals surface area contributed by atoms with Crippen molar-refractivity contribution < 1.29 is 13.7 Å². The Labute approximate surface area is 127 Å². The quantitative estimate of drug-likeness (QED) is 0.744. The van der Waals surface area contributed by atoms with Crippen LogP contribution in [0.25, 0.3) is 11.5 Å². The van der Waals surface area contributed by atoms with Crippen LogP contribution < -0.4 is 0 Å². The van der Waals surface area contributed by atoms with Crippen LogP contribution in [0.5, 0.6) is 0 Å². The van der Waals surface area contributed by atoms with Crippen LogP contribution in [-0.4, -0.2) is 29.1 Å². The number of hydrogen-bond acceptors (Lipinski definition) is 4. The molecule has 0 aliphatic carbocycles. The lowest BCUT2D eigenvalue weighted by Gasteiger charge is -2.39. The van der Waals surface area contributed by atoms with Gasteiger partial charge < -0.3 is 13.8 Å². The topological polar surface area (TPSA) is 59.5 Å². The first-order valence-electron chi connectivity index (χ1n) is 7.16. The van der Waals surface area contributed by atoms with Crippen molar-refractivity contribution in [2.45, 2.75) is 5.92 Å². The molecule has 1 aliphatic heterocycles. The van der Waals surface area contributed by atoms with Gasteiger partial charge in [-0.2, -0.15) is 0 Å². The highest BCUT2D eigenvalue weighted by Gasteiger charge is 2.33. The second-order valence-corrected chi connectivity index (χ2v) is 5.37. The van der Waals surface area contributed by atoms with Gasteiger partial charge in [-0.3, -0.25) is 4.79 Å². The maximum absolute atomic E-state index is 12.4. The largest absolute Gasteiger partial charge is 0.461 e. The molecular formula is C17H14N2O3. The van der Waals surface area contributed by atoms with Crippen LogP contribution in [0.4, 0.5) is 0 Å². The fourth-order valence-corrected chi connectivity index (χ4v) is 2.65. The molecular weight excluding hydrogens is 280 g/mol. The number of amides is 1. The SMILES string of the molecule is O=C(c1cc(-c2ccco2)on1)N1CC(c2ccccc2)C1. The van der Waals surface area contributed by atoms with Gasteiger partial charge in [-0.25, -0.2) is 0 Å². The van der Waals surface area contributed by atoms with Gasteiger partial charge in [0, 0.05) is 25.1 Å². The number of rotatable bonds is 3. The molecule has 0 saturated carbocycles. The van der Waals surface area contributed by atoms with Crippen molar-refractivity contribution in [3.8, 4) is 11.5 Å². The second-order valence-electron chi connectivity index (χ2n) is 5.37. The van der Waals surface area contributed by atoms with E-state index in [4.69, 9.17) is 8.94 Å². The molecule has 1 amide bonds. The maximum atomic E-state index is 12.4. The molecule has 1 aromatic carbocycles. The van der Waals surface area contributed by atoms with Crippen LogP contribution in [0, 0.1) is 0 Å². The summed E-state index contributed by atoms with van der Waals surface area (Å²) in [7, 11) is 0. The van der Waals surface area contributed by atoms with Crippen LogP contribution >= 0.6 is 0 Å². The van der Waals surface area contributed by atoms with Gasteiger partial charge in [-0.15, -0.1) is 0 Å². The summed E-state index contributed by atoms with van der Waals surface area (Å²) >= 11 is 0. The Morgan fingerprint density at radius 2 is 1.91 bits per heavy atom. The summed E-state index contributed by atoms with van der Waals surface area (Å²) in [5, 5.41) is 3.85. The zero-order valence-corrected chi connectivity index (χ0v) is 11.8. The van der Waals surface area contributed by atoms with Crippen LogP contribution in [0.1, 0.15) is 22.0 Å². The summed E-state index contributed by atoms with van der Waals surface area (Å²) in [5.74, 6) is 1.33. The number of furan rings is 1. The Hall–Kier alpha value is -2.82. The molecule has 3 aromatic rings. The molecule has 0 N–H and O–H groups in total. The van der Waals surface area contributed by atoms with Gasteiger partial charge in [-0.05, 0) is 17.7 Å². The van der Waals surface area contributed by atoms with Crippen LogP contribution in [-0.2, 0) is 0 Å². The molecule has 0 bridgehead atoms. The van der Waals surface area contributed by atoms with Gasteiger partial charge in [0.05, 0.1) is 6.26 Å². The Morgan fingerprint density at radius 1 is 1.09 bits per heavy atom. The minimum Gasteiger partial charge on any atom is -0.461 e. The molecule has 110 valence electrons. The molecule has 4 rings (SSSR count). The standard InChI is InChI=1S/C17H14N2O3/c20-17(14-9-16(22-18-14)15-7-4-8-21-15)19-10-13(11-19)12-5-2-1-3-6-12/h1-9,13H,10-11H2. The van der Waals surface area contributed by atoms with E-state index < -0.39 is 0 Å². The zero-order valence-electron chi connectivity index (χ0n) is 11.8. The summed E-state index contributed by atoms with van der Waals surface area (Å²) < 4.78 is 10.4. The Morgan fingerprint density at radius 3 is 2.64 bits per heavy atom. The number of benzene rings is 1. The molecule has 1 fully saturated rings. The van der Waals surface area contributed by atoms with Gasteiger partial charge in [0.2, 0.25) is 5.76 Å². The summed E-state index contributed by atoms with van der Waals surface area (Å²) in [6.45, 7) is 1.43. The van der Waals surface area contributed by atoms with Crippen molar-refractivity contribution in [1.82, 2.24) is 10.1 Å². The van der Waals surface area contributed by atoms with E-state index in [0.717, 1.165) is 0 Å². The maximum Gasteiger partial charge on any atom is 0.276 e. The van der Waals surface area contributed by atoms with E-state index in [-0.39, 0.29) is 5.91 Å². The Bertz CT molecular complexity index is 771. The highest BCUT2D eigenvalue weighted by molar-refractivity contribution is 5.93. The first kappa shape index (κ1) is 12.9. The average molecular weight is 294 g/mol. The van der Waals surface area contributed by atoms with Crippen molar-refractivity contribution >= 4 is 5.91 Å². The number of hydrogen-bond donors (Lipinski definition) is 0. The first-order chi connectivity index (χ1) is 10.8. The molecule has 5 nitrogen and oxygen atoms in total. The number of nitrogens with zero attached hydrogens (tertiary/aromatic N) is 2. The van der Waals surface area contributed by atoms with Crippen LogP contribution in [0.3, 0.4) is 0 Å². The Kier molecular flexibility index (Phi) is 3.04. The predicted octanol–water partition coefficient (Wildman–Crippen LogP) is 3.17. The van der Waals surface area contributed by atoms with Crippen molar-refractivity contribution in [3.63, 3.8) is 0 Å². The molecule has 0 unspecified atom stereocenters. The monoisotopic (exact) mass is 294 g/mol. The number of likely N-dealkylation sites (tertiary alicyclic amines) is 1. The molecule has 2 aromatic heterocycles. The van der Waals surface area contributed by atoms with E-state index in [1.807, 2.05) is 18.2 Å². The lowest BCUT2D eigenvalue weighted by Crippen LogP contribution is -2.48. The van der Waals surface area contributed by atoms with E-state index in [1.165, 1.54) is 5.56 Å². The van der Waals surface area contributed by atoms with E-state index >= 15 is 0 Å². The summed E-state index contributed by atoms with van der Waals surface area (Å²) in [4.78, 5) is 14.1. The third kappa shape index (κ3) is 2.20. The predicted molar refractivity (Wildman–Crippen MR) is 79.3 cm³/mol. The van der Waals surface area contributed by atoms with Crippen molar-refractivity contribution in [2.24, 2.45) is 0 Å². The first-order valence-corrected chi connectivity index (χ1v) is 7.16. The van der Waals surface area contributed by atoms with Gasteiger partial charge in [0.1, 0.15) is 0 Å². The smallest absolute Gasteiger partial charge is 0.276 e. The summed E-state index contributed by atoms with van der Waals surface area (Å²) in [5.41, 5.74) is 1.58. The van der Waals surface area contributed by atoms with Gasteiger partial charge in [-0.1, -0.05) is 35.5 Å². The van der Waals surface area contributed by atoms with Crippen LogP contribution in [0.2, 0.25) is 0 Å². The van der Waals surface area contributed by atoms with E-state index in [0.29, 0.717) is 36.2 Å². The fraction of sp³-hybridized carbons (Fsp3) is 0.176. The lowest BCUT2D eigenvalue weighted by molar-refractivity contribution is 0.0591. The molecule has 0 radical (unpaired) electrons. The number of carbonyl (C=O) groups is 1. The molecule has 3 heterocycles.